The molecule has 1 aromatic carbocycles. The zero-order valence-electron chi connectivity index (χ0n) is 22.0. The van der Waals surface area contributed by atoms with Gasteiger partial charge in [-0.3, -0.25) is 9.48 Å². The molecule has 41 heavy (non-hydrogen) atoms. The third-order valence-electron chi connectivity index (χ3n) is 6.72. The van der Waals surface area contributed by atoms with Gasteiger partial charge in [-0.15, -0.1) is 16.4 Å². The maximum Gasteiger partial charge on any atom is 0.306 e. The van der Waals surface area contributed by atoms with E-state index in [4.69, 9.17) is 30.3 Å². The number of oxime groups is 1. The standard InChI is InChI=1S/C25H26ClF2N5O6S2/c1-32-18(24(27)28)11-21(30-32)37-12-22(34)33-8-6-14(7-9-33)25-29-17(13-40-25)16-10-20(38-31-16)23-15(26)4-3-5-19(23)39-41(2,35)36/h3-5,11,13-14,20,24H,6-10,12H2,1-2H3. The number of thiazole rings is 1. The van der Waals surface area contributed by atoms with Crippen LogP contribution in [0.5, 0.6) is 11.6 Å². The van der Waals surface area contributed by atoms with Gasteiger partial charge in [-0.1, -0.05) is 22.8 Å². The van der Waals surface area contributed by atoms with E-state index in [-0.39, 0.29) is 35.8 Å². The predicted octanol–water partition coefficient (Wildman–Crippen LogP) is 4.46. The molecule has 0 bridgehead atoms. The van der Waals surface area contributed by atoms with E-state index in [2.05, 4.69) is 10.3 Å². The van der Waals surface area contributed by atoms with Gasteiger partial charge in [0.2, 0.25) is 5.88 Å². The Morgan fingerprint density at radius 2 is 2.05 bits per heavy atom. The van der Waals surface area contributed by atoms with Crippen LogP contribution in [0.4, 0.5) is 8.78 Å². The Morgan fingerprint density at radius 3 is 2.73 bits per heavy atom. The minimum Gasteiger partial charge on any atom is -0.466 e. The Balaban J connectivity index is 1.15. The molecule has 1 unspecified atom stereocenters. The number of benzene rings is 1. The van der Waals surface area contributed by atoms with Crippen LogP contribution in [0.2, 0.25) is 5.02 Å². The normalized spacial score (nSPS) is 18.0. The van der Waals surface area contributed by atoms with E-state index < -0.39 is 22.6 Å². The highest BCUT2D eigenvalue weighted by Gasteiger charge is 2.32. The van der Waals surface area contributed by atoms with Crippen molar-refractivity contribution in [3.8, 4) is 11.6 Å². The Bertz CT molecular complexity index is 1570. The third kappa shape index (κ3) is 6.79. The molecule has 220 valence electrons. The number of amides is 1. The first kappa shape index (κ1) is 29.2. The SMILES string of the molecule is Cn1nc(OCC(=O)N2CCC(c3nc(C4=NOC(c5c(Cl)cccc5OS(C)(=O)=O)C4)cs3)CC2)cc1C(F)F. The summed E-state index contributed by atoms with van der Waals surface area (Å²) < 4.78 is 60.7. The lowest BCUT2D eigenvalue weighted by Gasteiger charge is -2.31. The third-order valence-corrected chi connectivity index (χ3v) is 8.54. The molecule has 0 spiro atoms. The number of likely N-dealkylation sites (tertiary alicyclic amines) is 1. The summed E-state index contributed by atoms with van der Waals surface area (Å²) in [7, 11) is -2.38. The Morgan fingerprint density at radius 1 is 1.29 bits per heavy atom. The van der Waals surface area contributed by atoms with Crippen molar-refractivity contribution >= 4 is 44.7 Å². The van der Waals surface area contributed by atoms with E-state index in [0.717, 1.165) is 22.0 Å². The average Bonchev–Trinajstić information content (AvgIpc) is 3.66. The minimum absolute atomic E-state index is 0.0175. The summed E-state index contributed by atoms with van der Waals surface area (Å²) in [6, 6.07) is 5.85. The van der Waals surface area contributed by atoms with Crippen LogP contribution in [0.25, 0.3) is 0 Å². The van der Waals surface area contributed by atoms with Crippen molar-refractivity contribution in [2.45, 2.75) is 37.7 Å². The summed E-state index contributed by atoms with van der Waals surface area (Å²) >= 11 is 7.85. The number of hydrogen-bond donors (Lipinski definition) is 0. The van der Waals surface area contributed by atoms with E-state index >= 15 is 0 Å². The molecule has 0 saturated carbocycles. The first-order valence-corrected chi connectivity index (χ1v) is 15.6. The molecule has 1 amide bonds. The molecule has 2 aromatic heterocycles. The lowest BCUT2D eigenvalue weighted by Crippen LogP contribution is -2.40. The van der Waals surface area contributed by atoms with Crippen molar-refractivity contribution in [1.29, 1.82) is 0 Å². The van der Waals surface area contributed by atoms with E-state index in [0.29, 0.717) is 54.3 Å². The van der Waals surface area contributed by atoms with Crippen LogP contribution in [-0.4, -0.2) is 65.7 Å². The number of ether oxygens (including phenoxy) is 1. The fraction of sp³-hybridized carbons (Fsp3) is 0.440. The second-order valence-corrected chi connectivity index (χ2v) is 12.5. The molecule has 0 N–H and O–H groups in total. The van der Waals surface area contributed by atoms with Crippen molar-refractivity contribution in [2.24, 2.45) is 12.2 Å². The van der Waals surface area contributed by atoms with E-state index in [9.17, 15) is 22.0 Å². The summed E-state index contributed by atoms with van der Waals surface area (Å²) in [6.45, 7) is 0.733. The topological polar surface area (TPSA) is 125 Å². The van der Waals surface area contributed by atoms with Crippen molar-refractivity contribution in [2.75, 3.05) is 26.0 Å². The number of carbonyl (C=O) groups is 1. The lowest BCUT2D eigenvalue weighted by atomic mass is 9.97. The maximum atomic E-state index is 12.9. The number of carbonyl (C=O) groups excluding carboxylic acids is 1. The summed E-state index contributed by atoms with van der Waals surface area (Å²) in [5, 5.41) is 11.2. The van der Waals surface area contributed by atoms with Crippen LogP contribution in [0, 0.1) is 0 Å². The van der Waals surface area contributed by atoms with Gasteiger partial charge < -0.3 is 18.7 Å². The van der Waals surface area contributed by atoms with Crippen LogP contribution in [0.1, 0.15) is 59.7 Å². The number of rotatable bonds is 9. The van der Waals surface area contributed by atoms with Crippen molar-refractivity contribution < 1.29 is 35.8 Å². The molecule has 1 atom stereocenters. The smallest absolute Gasteiger partial charge is 0.306 e. The second-order valence-electron chi connectivity index (χ2n) is 9.62. The number of aryl methyl sites for hydroxylation is 1. The quantitative estimate of drug-likeness (QED) is 0.318. The number of aromatic nitrogens is 3. The van der Waals surface area contributed by atoms with Gasteiger partial charge in [-0.2, -0.15) is 8.42 Å². The fourth-order valence-electron chi connectivity index (χ4n) is 4.69. The molecule has 1 fully saturated rings. The molecule has 11 nitrogen and oxygen atoms in total. The molecule has 2 aliphatic heterocycles. The predicted molar refractivity (Wildman–Crippen MR) is 146 cm³/mol. The molecular weight excluding hydrogens is 604 g/mol. The number of piperidine rings is 1. The van der Waals surface area contributed by atoms with Crippen LogP contribution in [0.3, 0.4) is 0 Å². The molecule has 2 aliphatic rings. The summed E-state index contributed by atoms with van der Waals surface area (Å²) in [6.07, 6.45) is -0.628. The van der Waals surface area contributed by atoms with Gasteiger partial charge in [0.1, 0.15) is 11.4 Å². The number of hydrogen-bond acceptors (Lipinski definition) is 10. The fourth-order valence-corrected chi connectivity index (χ4v) is 6.45. The largest absolute Gasteiger partial charge is 0.466 e. The molecule has 1 saturated heterocycles. The first-order chi connectivity index (χ1) is 19.5. The van der Waals surface area contributed by atoms with Crippen molar-refractivity contribution in [1.82, 2.24) is 19.7 Å². The zero-order chi connectivity index (χ0) is 29.3. The summed E-state index contributed by atoms with van der Waals surface area (Å²) in [5.74, 6) is -0.0175. The van der Waals surface area contributed by atoms with Crippen LogP contribution in [-0.2, 0) is 26.8 Å². The lowest BCUT2D eigenvalue weighted by molar-refractivity contribution is -0.134. The Kier molecular flexibility index (Phi) is 8.47. The highest BCUT2D eigenvalue weighted by molar-refractivity contribution is 7.86. The average molecular weight is 630 g/mol. The summed E-state index contributed by atoms with van der Waals surface area (Å²) in [5.41, 5.74) is 1.39. The second kappa shape index (κ2) is 11.9. The van der Waals surface area contributed by atoms with Gasteiger partial charge in [0.15, 0.2) is 18.5 Å². The van der Waals surface area contributed by atoms with Crippen molar-refractivity contribution in [3.05, 3.63) is 56.6 Å². The highest BCUT2D eigenvalue weighted by Crippen LogP contribution is 2.40. The molecule has 4 heterocycles. The highest BCUT2D eigenvalue weighted by atomic mass is 35.5. The van der Waals surface area contributed by atoms with Gasteiger partial charge in [-0.25, -0.2) is 13.8 Å². The zero-order valence-corrected chi connectivity index (χ0v) is 24.4. The monoisotopic (exact) mass is 629 g/mol. The van der Waals surface area contributed by atoms with Gasteiger partial charge in [0, 0.05) is 43.9 Å². The van der Waals surface area contributed by atoms with E-state index in [1.165, 1.54) is 24.5 Å². The van der Waals surface area contributed by atoms with E-state index in [1.54, 1.807) is 17.0 Å². The van der Waals surface area contributed by atoms with Crippen molar-refractivity contribution in [3.63, 3.8) is 0 Å². The number of alkyl halides is 2. The number of halogens is 3. The molecule has 16 heteroatoms. The number of nitrogens with zero attached hydrogens (tertiary/aromatic N) is 5. The van der Waals surface area contributed by atoms with Gasteiger partial charge >= 0.3 is 10.1 Å². The molecule has 5 rings (SSSR count). The van der Waals surface area contributed by atoms with Gasteiger partial charge in [0.05, 0.1) is 27.5 Å². The van der Waals surface area contributed by atoms with Crippen LogP contribution >= 0.6 is 22.9 Å². The Labute approximate surface area is 243 Å². The van der Waals surface area contributed by atoms with Crippen LogP contribution in [0.15, 0.2) is 34.8 Å². The van der Waals surface area contributed by atoms with Gasteiger partial charge in [0.25, 0.3) is 12.3 Å². The molecular formula is C25H26ClF2N5O6S2. The summed E-state index contributed by atoms with van der Waals surface area (Å²) in [4.78, 5) is 24.7. The molecule has 0 aliphatic carbocycles. The minimum atomic E-state index is -3.77. The van der Waals surface area contributed by atoms with E-state index in [1.807, 2.05) is 5.38 Å². The first-order valence-electron chi connectivity index (χ1n) is 12.6. The van der Waals surface area contributed by atoms with Crippen LogP contribution < -0.4 is 8.92 Å². The Hall–Kier alpha value is -3.30. The maximum absolute atomic E-state index is 12.9. The molecule has 3 aromatic rings. The molecule has 0 radical (unpaired) electrons. The van der Waals surface area contributed by atoms with Gasteiger partial charge in [-0.05, 0) is 25.0 Å².